The van der Waals surface area contributed by atoms with Crippen LogP contribution in [0.25, 0.3) is 22.2 Å². The molecule has 2 heterocycles. The fourth-order valence-corrected chi connectivity index (χ4v) is 4.14. The van der Waals surface area contributed by atoms with Gasteiger partial charge in [0.15, 0.2) is 0 Å². The molecule has 0 unspecified atom stereocenters. The third-order valence-electron chi connectivity index (χ3n) is 6.79. The van der Waals surface area contributed by atoms with E-state index in [4.69, 9.17) is 9.72 Å². The highest BCUT2D eigenvalue weighted by Crippen LogP contribution is 2.38. The van der Waals surface area contributed by atoms with Gasteiger partial charge in [0, 0.05) is 56.4 Å². The van der Waals surface area contributed by atoms with Gasteiger partial charge in [-0.15, -0.1) is 0 Å². The zero-order valence-corrected chi connectivity index (χ0v) is 23.4. The van der Waals surface area contributed by atoms with Crippen LogP contribution in [0.5, 0.6) is 5.75 Å². The number of hydrogen-bond donors (Lipinski definition) is 2. The topological polar surface area (TPSA) is 100 Å². The Morgan fingerprint density at radius 2 is 1.95 bits per heavy atom. The molecule has 4 rings (SSSR count). The summed E-state index contributed by atoms with van der Waals surface area (Å²) in [5.41, 5.74) is 4.83. The molecule has 0 saturated heterocycles. The molecule has 4 aromatic rings. The minimum Gasteiger partial charge on any atom is -0.494 e. The van der Waals surface area contributed by atoms with Crippen molar-refractivity contribution in [3.63, 3.8) is 0 Å². The predicted octanol–water partition coefficient (Wildman–Crippen LogP) is 4.68. The Morgan fingerprint density at radius 1 is 1.15 bits per heavy atom. The van der Waals surface area contributed by atoms with Gasteiger partial charge >= 0.3 is 0 Å². The van der Waals surface area contributed by atoms with Crippen molar-refractivity contribution in [3.05, 3.63) is 61.4 Å². The first-order chi connectivity index (χ1) is 18.7. The van der Waals surface area contributed by atoms with Crippen molar-refractivity contribution in [3.8, 4) is 17.0 Å². The summed E-state index contributed by atoms with van der Waals surface area (Å²) in [4.78, 5) is 25.8. The van der Waals surface area contributed by atoms with Crippen molar-refractivity contribution in [2.45, 2.75) is 19.9 Å². The molecule has 0 aliphatic carbocycles. The Kier molecular flexibility index (Phi) is 8.46. The van der Waals surface area contributed by atoms with E-state index in [9.17, 15) is 4.79 Å². The monoisotopic (exact) mass is 528 g/mol. The molecule has 0 bridgehead atoms. The van der Waals surface area contributed by atoms with E-state index in [-0.39, 0.29) is 5.91 Å². The highest BCUT2D eigenvalue weighted by atomic mass is 16.5. The van der Waals surface area contributed by atoms with Gasteiger partial charge in [-0.25, -0.2) is 9.97 Å². The van der Waals surface area contributed by atoms with Crippen molar-refractivity contribution >= 4 is 39.8 Å². The molecule has 39 heavy (non-hydrogen) atoms. The lowest BCUT2D eigenvalue weighted by molar-refractivity contribution is -0.111. The summed E-state index contributed by atoms with van der Waals surface area (Å²) in [6.45, 7) is 9.53. The van der Waals surface area contributed by atoms with Crippen molar-refractivity contribution in [2.24, 2.45) is 7.05 Å². The number of anilines is 4. The molecule has 0 atom stereocenters. The summed E-state index contributed by atoms with van der Waals surface area (Å²) >= 11 is 0. The Labute approximate surface area is 229 Å². The Bertz CT molecular complexity index is 1480. The molecular formula is C29H36N8O2. The highest BCUT2D eigenvalue weighted by molar-refractivity contribution is 6.02. The fourth-order valence-electron chi connectivity index (χ4n) is 4.14. The summed E-state index contributed by atoms with van der Waals surface area (Å²) < 4.78 is 7.56. The molecule has 10 heteroatoms. The van der Waals surface area contributed by atoms with Crippen molar-refractivity contribution in [2.75, 3.05) is 49.8 Å². The number of likely N-dealkylation sites (N-methyl/N-ethyl adjacent to an activating group) is 2. The molecule has 204 valence electrons. The number of benzene rings is 2. The normalized spacial score (nSPS) is 11.2. The van der Waals surface area contributed by atoms with Gasteiger partial charge in [-0.3, -0.25) is 9.48 Å². The number of aryl methyl sites for hydroxylation is 1. The van der Waals surface area contributed by atoms with Gasteiger partial charge < -0.3 is 25.2 Å². The maximum absolute atomic E-state index is 12.3. The number of nitrogens with one attached hydrogen (secondary N) is 2. The first-order valence-electron chi connectivity index (χ1n) is 12.8. The van der Waals surface area contributed by atoms with Crippen LogP contribution in [0.4, 0.5) is 23.0 Å². The number of carbonyl (C=O) groups excluding carboxylic acids is 1. The molecule has 0 aliphatic heterocycles. The maximum atomic E-state index is 12.3. The number of methoxy groups -OCH3 is 1. The first-order valence-corrected chi connectivity index (χ1v) is 12.8. The quantitative estimate of drug-likeness (QED) is 0.271. The van der Waals surface area contributed by atoms with Crippen LogP contribution >= 0.6 is 0 Å². The molecule has 0 aliphatic rings. The van der Waals surface area contributed by atoms with Crippen LogP contribution < -0.4 is 20.3 Å². The molecule has 2 N–H and O–H groups in total. The molecule has 10 nitrogen and oxygen atoms in total. The van der Waals surface area contributed by atoms with Gasteiger partial charge in [0.25, 0.3) is 0 Å². The number of nitrogens with zero attached hydrogens (tertiary/aromatic N) is 6. The van der Waals surface area contributed by atoms with Crippen LogP contribution in [0.3, 0.4) is 0 Å². The largest absolute Gasteiger partial charge is 0.494 e. The van der Waals surface area contributed by atoms with Gasteiger partial charge in [0.1, 0.15) is 5.75 Å². The number of fused-ring (bicyclic) bond motifs is 1. The lowest BCUT2D eigenvalue weighted by Gasteiger charge is -2.28. The number of hydrogen-bond acceptors (Lipinski definition) is 8. The standard InChI is InChI=1S/C29H36N8O2/c1-8-28(38)32-23-16-24(27(39-7)17-26(23)36(5)14-13-35(4)19(2)3)34-29-30-12-11-22(33-29)20-9-10-25-21(15-20)18-31-37(25)6/h8-12,15-19H,1,13-14H2,2-7H3,(H,32,38)(H,30,33,34). The van der Waals surface area contributed by atoms with Crippen molar-refractivity contribution < 1.29 is 9.53 Å². The summed E-state index contributed by atoms with van der Waals surface area (Å²) in [5, 5.41) is 11.6. The van der Waals surface area contributed by atoms with Gasteiger partial charge in [-0.1, -0.05) is 12.6 Å². The summed E-state index contributed by atoms with van der Waals surface area (Å²) in [7, 11) is 7.61. The van der Waals surface area contributed by atoms with Crippen LogP contribution in [0.2, 0.25) is 0 Å². The molecule has 0 saturated carbocycles. The Morgan fingerprint density at radius 3 is 2.67 bits per heavy atom. The smallest absolute Gasteiger partial charge is 0.247 e. The van der Waals surface area contributed by atoms with E-state index in [0.29, 0.717) is 29.1 Å². The van der Waals surface area contributed by atoms with E-state index in [2.05, 4.69) is 64.1 Å². The third kappa shape index (κ3) is 6.35. The van der Waals surface area contributed by atoms with Crippen molar-refractivity contribution in [1.29, 1.82) is 0 Å². The van der Waals surface area contributed by atoms with E-state index in [1.54, 1.807) is 13.3 Å². The van der Waals surface area contributed by atoms with E-state index < -0.39 is 0 Å². The van der Waals surface area contributed by atoms with Crippen LogP contribution in [0.1, 0.15) is 13.8 Å². The van der Waals surface area contributed by atoms with Crippen LogP contribution in [0, 0.1) is 0 Å². The zero-order valence-electron chi connectivity index (χ0n) is 23.4. The second-order valence-electron chi connectivity index (χ2n) is 9.69. The van der Waals surface area contributed by atoms with Gasteiger partial charge in [0.05, 0.1) is 41.6 Å². The second kappa shape index (κ2) is 12.0. The van der Waals surface area contributed by atoms with Crippen LogP contribution in [0.15, 0.2) is 61.4 Å². The summed E-state index contributed by atoms with van der Waals surface area (Å²) in [6.07, 6.45) is 4.79. The second-order valence-corrected chi connectivity index (χ2v) is 9.69. The first kappa shape index (κ1) is 27.6. The molecule has 0 spiro atoms. The highest BCUT2D eigenvalue weighted by Gasteiger charge is 2.17. The van der Waals surface area contributed by atoms with Gasteiger partial charge in [-0.05, 0) is 51.2 Å². The average molecular weight is 529 g/mol. The number of ether oxygens (including phenoxy) is 1. The SMILES string of the molecule is C=CC(=O)Nc1cc(Nc2nccc(-c3ccc4c(cnn4C)c3)n2)c(OC)cc1N(C)CCN(C)C(C)C. The number of carbonyl (C=O) groups is 1. The molecule has 0 fully saturated rings. The lowest BCUT2D eigenvalue weighted by atomic mass is 10.1. The molecular weight excluding hydrogens is 492 g/mol. The minimum absolute atomic E-state index is 0.302. The number of amides is 1. The average Bonchev–Trinajstić information content (AvgIpc) is 3.31. The Balaban J connectivity index is 1.65. The van der Waals surface area contributed by atoms with E-state index >= 15 is 0 Å². The third-order valence-corrected chi connectivity index (χ3v) is 6.79. The zero-order chi connectivity index (χ0) is 28.1. The van der Waals surface area contributed by atoms with Gasteiger partial charge in [0.2, 0.25) is 11.9 Å². The Hall–Kier alpha value is -4.44. The molecule has 1 amide bonds. The molecule has 2 aromatic carbocycles. The molecule has 0 radical (unpaired) electrons. The fraction of sp³-hybridized carbons (Fsp3) is 0.310. The number of rotatable bonds is 11. The predicted molar refractivity (Wildman–Crippen MR) is 158 cm³/mol. The van der Waals surface area contributed by atoms with Crippen molar-refractivity contribution in [1.82, 2.24) is 24.6 Å². The van der Waals surface area contributed by atoms with E-state index in [1.807, 2.05) is 55.3 Å². The lowest BCUT2D eigenvalue weighted by Crippen LogP contribution is -2.35. The minimum atomic E-state index is -0.302. The van der Waals surface area contributed by atoms with E-state index in [0.717, 1.165) is 40.9 Å². The number of aromatic nitrogens is 4. The van der Waals surface area contributed by atoms with Crippen LogP contribution in [-0.4, -0.2) is 70.9 Å². The summed E-state index contributed by atoms with van der Waals surface area (Å²) in [5.74, 6) is 0.693. The maximum Gasteiger partial charge on any atom is 0.247 e. The molecule has 2 aromatic heterocycles. The van der Waals surface area contributed by atoms with Crippen LogP contribution in [-0.2, 0) is 11.8 Å². The summed E-state index contributed by atoms with van der Waals surface area (Å²) in [6, 6.07) is 12.1. The van der Waals surface area contributed by atoms with E-state index in [1.165, 1.54) is 6.08 Å². The van der Waals surface area contributed by atoms with Gasteiger partial charge in [-0.2, -0.15) is 5.10 Å².